The van der Waals surface area contributed by atoms with Gasteiger partial charge in [0.25, 0.3) is 0 Å². The highest BCUT2D eigenvalue weighted by molar-refractivity contribution is 8.00. The minimum atomic E-state index is -2.85. The quantitative estimate of drug-likeness (QED) is 0.563. The van der Waals surface area contributed by atoms with E-state index in [0.29, 0.717) is 5.75 Å². The molecular formula is C14H23NO2S2. The number of thioether (sulfide) groups is 1. The third-order valence-electron chi connectivity index (χ3n) is 2.76. The van der Waals surface area contributed by atoms with Crippen LogP contribution in [-0.4, -0.2) is 32.2 Å². The molecule has 0 bridgehead atoms. The molecule has 0 saturated carbocycles. The lowest BCUT2D eigenvalue weighted by atomic mass is 10.2. The highest BCUT2D eigenvalue weighted by atomic mass is 32.2. The fourth-order valence-corrected chi connectivity index (χ4v) is 3.87. The van der Waals surface area contributed by atoms with Crippen molar-refractivity contribution in [3.63, 3.8) is 0 Å². The van der Waals surface area contributed by atoms with Crippen LogP contribution in [0, 0.1) is 0 Å². The Labute approximate surface area is 121 Å². The lowest BCUT2D eigenvalue weighted by Gasteiger charge is -2.06. The Morgan fingerprint density at radius 3 is 2.74 bits per heavy atom. The first-order valence-electron chi connectivity index (χ1n) is 6.70. The molecule has 5 heteroatoms. The van der Waals surface area contributed by atoms with E-state index in [1.165, 1.54) is 5.56 Å². The van der Waals surface area contributed by atoms with Crippen molar-refractivity contribution in [1.29, 1.82) is 0 Å². The number of benzene rings is 1. The van der Waals surface area contributed by atoms with Gasteiger partial charge >= 0.3 is 0 Å². The van der Waals surface area contributed by atoms with E-state index in [4.69, 9.17) is 0 Å². The Kier molecular flexibility index (Phi) is 7.49. The summed E-state index contributed by atoms with van der Waals surface area (Å²) < 4.78 is 22.8. The molecule has 19 heavy (non-hydrogen) atoms. The van der Waals surface area contributed by atoms with Gasteiger partial charge < -0.3 is 5.32 Å². The largest absolute Gasteiger partial charge is 0.313 e. The maximum atomic E-state index is 11.4. The van der Waals surface area contributed by atoms with Gasteiger partial charge in [-0.3, -0.25) is 0 Å². The van der Waals surface area contributed by atoms with Gasteiger partial charge in [-0.25, -0.2) is 8.42 Å². The van der Waals surface area contributed by atoms with E-state index in [2.05, 4.69) is 24.4 Å². The zero-order valence-corrected chi connectivity index (χ0v) is 13.3. The molecule has 0 fully saturated rings. The number of rotatable bonds is 9. The fourth-order valence-electron chi connectivity index (χ4n) is 1.59. The van der Waals surface area contributed by atoms with E-state index >= 15 is 0 Å². The molecule has 1 aromatic carbocycles. The molecule has 108 valence electrons. The standard InChI is InChI=1S/C14H23NO2S2/c1-3-8-15-12-13-6-5-7-14(11-13)18-9-10-19(16,17)4-2/h5-7,11,15H,3-4,8-10,12H2,1-2H3. The topological polar surface area (TPSA) is 46.2 Å². The summed E-state index contributed by atoms with van der Waals surface area (Å²) >= 11 is 1.61. The van der Waals surface area contributed by atoms with Crippen LogP contribution in [0.2, 0.25) is 0 Å². The smallest absolute Gasteiger partial charge is 0.150 e. The van der Waals surface area contributed by atoms with Crippen LogP contribution < -0.4 is 5.32 Å². The van der Waals surface area contributed by atoms with Crippen molar-refractivity contribution in [1.82, 2.24) is 5.32 Å². The highest BCUT2D eigenvalue weighted by Gasteiger charge is 2.07. The van der Waals surface area contributed by atoms with E-state index in [-0.39, 0.29) is 11.5 Å². The molecule has 0 atom stereocenters. The molecule has 1 N–H and O–H groups in total. The van der Waals surface area contributed by atoms with Crippen LogP contribution in [0.15, 0.2) is 29.2 Å². The summed E-state index contributed by atoms with van der Waals surface area (Å²) in [4.78, 5) is 1.14. The van der Waals surface area contributed by atoms with Crippen LogP contribution in [0.5, 0.6) is 0 Å². The van der Waals surface area contributed by atoms with Crippen LogP contribution in [-0.2, 0) is 16.4 Å². The van der Waals surface area contributed by atoms with E-state index in [0.717, 1.165) is 24.4 Å². The van der Waals surface area contributed by atoms with Gasteiger partial charge in [0, 0.05) is 22.9 Å². The van der Waals surface area contributed by atoms with Gasteiger partial charge in [-0.05, 0) is 30.7 Å². The van der Waals surface area contributed by atoms with E-state index in [1.54, 1.807) is 18.7 Å². The minimum Gasteiger partial charge on any atom is -0.313 e. The third-order valence-corrected chi connectivity index (χ3v) is 5.72. The normalized spacial score (nSPS) is 11.7. The molecule has 0 amide bonds. The molecule has 1 rings (SSSR count). The molecule has 3 nitrogen and oxygen atoms in total. The second-order valence-corrected chi connectivity index (χ2v) is 8.05. The molecule has 0 aromatic heterocycles. The molecular weight excluding hydrogens is 278 g/mol. The van der Waals surface area contributed by atoms with Gasteiger partial charge in [-0.2, -0.15) is 0 Å². The first kappa shape index (κ1) is 16.5. The Bertz CT molecular complexity index is 472. The van der Waals surface area contributed by atoms with Gasteiger partial charge in [-0.15, -0.1) is 11.8 Å². The van der Waals surface area contributed by atoms with E-state index < -0.39 is 9.84 Å². The average Bonchev–Trinajstić information content (AvgIpc) is 2.39. The van der Waals surface area contributed by atoms with Crippen molar-refractivity contribution in [2.75, 3.05) is 23.8 Å². The molecule has 0 radical (unpaired) electrons. The summed E-state index contributed by atoms with van der Waals surface area (Å²) in [5.74, 6) is 1.11. The van der Waals surface area contributed by atoms with E-state index in [9.17, 15) is 8.42 Å². The lowest BCUT2D eigenvalue weighted by molar-refractivity contribution is 0.599. The Morgan fingerprint density at radius 1 is 1.26 bits per heavy atom. The van der Waals surface area contributed by atoms with Crippen molar-refractivity contribution in [3.8, 4) is 0 Å². The summed E-state index contributed by atoms with van der Waals surface area (Å²) in [6.45, 7) is 5.73. The van der Waals surface area contributed by atoms with Gasteiger partial charge in [0.2, 0.25) is 0 Å². The number of nitrogens with one attached hydrogen (secondary N) is 1. The minimum absolute atomic E-state index is 0.231. The second kappa shape index (κ2) is 8.61. The monoisotopic (exact) mass is 301 g/mol. The molecule has 0 aliphatic carbocycles. The number of hydrogen-bond donors (Lipinski definition) is 1. The summed E-state index contributed by atoms with van der Waals surface area (Å²) in [6.07, 6.45) is 1.13. The predicted octanol–water partition coefficient (Wildman–Crippen LogP) is 2.71. The maximum Gasteiger partial charge on any atom is 0.150 e. The van der Waals surface area contributed by atoms with Crippen molar-refractivity contribution in [2.45, 2.75) is 31.7 Å². The molecule has 0 heterocycles. The fraction of sp³-hybridized carbons (Fsp3) is 0.571. The van der Waals surface area contributed by atoms with Crippen molar-refractivity contribution >= 4 is 21.6 Å². The molecule has 0 spiro atoms. The maximum absolute atomic E-state index is 11.4. The zero-order valence-electron chi connectivity index (χ0n) is 11.7. The molecule has 0 aliphatic heterocycles. The van der Waals surface area contributed by atoms with Gasteiger partial charge in [0.05, 0.1) is 5.75 Å². The molecule has 0 unspecified atom stereocenters. The number of sulfone groups is 1. The Hall–Kier alpha value is -0.520. The lowest BCUT2D eigenvalue weighted by Crippen LogP contribution is -2.13. The molecule has 0 aliphatic rings. The summed E-state index contributed by atoms with van der Waals surface area (Å²) in [7, 11) is -2.85. The predicted molar refractivity (Wildman–Crippen MR) is 83.5 cm³/mol. The summed E-state index contributed by atoms with van der Waals surface area (Å²) in [6, 6.07) is 8.29. The average molecular weight is 301 g/mol. The van der Waals surface area contributed by atoms with Crippen LogP contribution in [0.4, 0.5) is 0 Å². The van der Waals surface area contributed by atoms with Crippen LogP contribution >= 0.6 is 11.8 Å². The van der Waals surface area contributed by atoms with Crippen molar-refractivity contribution < 1.29 is 8.42 Å². The van der Waals surface area contributed by atoms with E-state index in [1.807, 2.05) is 12.1 Å². The zero-order chi connectivity index (χ0) is 14.1. The Balaban J connectivity index is 2.44. The summed E-state index contributed by atoms with van der Waals surface area (Å²) in [5.41, 5.74) is 1.25. The SMILES string of the molecule is CCCNCc1cccc(SCCS(=O)(=O)CC)c1. The number of hydrogen-bond acceptors (Lipinski definition) is 4. The first-order chi connectivity index (χ1) is 9.07. The van der Waals surface area contributed by atoms with Gasteiger partial charge in [-0.1, -0.05) is 26.0 Å². The van der Waals surface area contributed by atoms with Crippen LogP contribution in [0.25, 0.3) is 0 Å². The van der Waals surface area contributed by atoms with Gasteiger partial charge in [0.15, 0.2) is 9.84 Å². The third kappa shape index (κ3) is 6.99. The van der Waals surface area contributed by atoms with Crippen LogP contribution in [0.3, 0.4) is 0 Å². The Morgan fingerprint density at radius 2 is 2.05 bits per heavy atom. The molecule has 0 saturated heterocycles. The second-order valence-electron chi connectivity index (χ2n) is 4.41. The van der Waals surface area contributed by atoms with Crippen molar-refractivity contribution in [2.24, 2.45) is 0 Å². The highest BCUT2D eigenvalue weighted by Crippen LogP contribution is 2.19. The van der Waals surface area contributed by atoms with Crippen molar-refractivity contribution in [3.05, 3.63) is 29.8 Å². The first-order valence-corrected chi connectivity index (χ1v) is 9.51. The van der Waals surface area contributed by atoms with Crippen LogP contribution in [0.1, 0.15) is 25.8 Å². The summed E-state index contributed by atoms with van der Waals surface area (Å²) in [5, 5.41) is 3.36. The molecule has 1 aromatic rings. The van der Waals surface area contributed by atoms with Gasteiger partial charge in [0.1, 0.15) is 0 Å².